The van der Waals surface area contributed by atoms with Crippen LogP contribution in [0.15, 0.2) is 83.7 Å². The highest BCUT2D eigenvalue weighted by molar-refractivity contribution is 5.80. The van der Waals surface area contributed by atoms with Gasteiger partial charge in [0.1, 0.15) is 11.5 Å². The van der Waals surface area contributed by atoms with Crippen LogP contribution in [-0.4, -0.2) is 31.0 Å². The first-order valence-electron chi connectivity index (χ1n) is 10.3. The molecule has 0 bridgehead atoms. The lowest BCUT2D eigenvalue weighted by Crippen LogP contribution is -2.24. The van der Waals surface area contributed by atoms with Gasteiger partial charge < -0.3 is 14.8 Å². The molecule has 4 aromatic rings. The molecule has 32 heavy (non-hydrogen) atoms. The molecule has 0 saturated carbocycles. The number of ether oxygens (including phenoxy) is 2. The maximum Gasteiger partial charge on any atom is 0.267 e. The third-order valence-electron chi connectivity index (χ3n) is 5.34. The van der Waals surface area contributed by atoms with Crippen LogP contribution in [-0.2, 0) is 6.54 Å². The first kappa shape index (κ1) is 21.2. The molecule has 0 spiro atoms. The minimum atomic E-state index is -0.161. The average Bonchev–Trinajstić information content (AvgIpc) is 2.85. The summed E-state index contributed by atoms with van der Waals surface area (Å²) in [6, 6.07) is 24.9. The van der Waals surface area contributed by atoms with Gasteiger partial charge in [0.2, 0.25) is 0 Å². The van der Waals surface area contributed by atoms with Crippen molar-refractivity contribution in [3.8, 4) is 33.9 Å². The van der Waals surface area contributed by atoms with Crippen LogP contribution < -0.4 is 20.3 Å². The number of hydrogen-bond acceptors (Lipinski definition) is 5. The quantitative estimate of drug-likeness (QED) is 0.464. The lowest BCUT2D eigenvalue weighted by atomic mass is 10.00. The van der Waals surface area contributed by atoms with E-state index in [0.29, 0.717) is 6.54 Å². The highest BCUT2D eigenvalue weighted by Gasteiger charge is 2.14. The predicted molar refractivity (Wildman–Crippen MR) is 128 cm³/mol. The van der Waals surface area contributed by atoms with Crippen LogP contribution in [0, 0.1) is 0 Å². The molecule has 0 aliphatic carbocycles. The minimum absolute atomic E-state index is 0.161. The summed E-state index contributed by atoms with van der Waals surface area (Å²) in [7, 11) is 5.14. The number of methoxy groups -OCH3 is 2. The summed E-state index contributed by atoms with van der Waals surface area (Å²) in [5, 5.41) is 7.87. The minimum Gasteiger partial charge on any atom is -0.497 e. The molecule has 6 heteroatoms. The van der Waals surface area contributed by atoms with Gasteiger partial charge in [0.25, 0.3) is 5.56 Å². The number of nitrogens with one attached hydrogen (secondary N) is 1. The Hall–Kier alpha value is -4.06. The lowest BCUT2D eigenvalue weighted by molar-refractivity contribution is 0.414. The van der Waals surface area contributed by atoms with Gasteiger partial charge in [-0.25, -0.2) is 4.68 Å². The Balaban J connectivity index is 1.81. The van der Waals surface area contributed by atoms with Crippen LogP contribution >= 0.6 is 0 Å². The SMILES string of the molecule is CNc1ccc(Cn2nc(-c3ccc(OC)cc3)c(-c3ccc(OC)cc3)cc2=O)cc1. The molecule has 0 fully saturated rings. The van der Waals surface area contributed by atoms with E-state index in [0.717, 1.165) is 45.1 Å². The van der Waals surface area contributed by atoms with E-state index in [1.165, 1.54) is 4.68 Å². The number of hydrogen-bond donors (Lipinski definition) is 1. The molecule has 0 amide bonds. The van der Waals surface area contributed by atoms with E-state index >= 15 is 0 Å². The molecule has 0 radical (unpaired) electrons. The van der Waals surface area contributed by atoms with Crippen LogP contribution in [0.3, 0.4) is 0 Å². The van der Waals surface area contributed by atoms with Gasteiger partial charge in [-0.05, 0) is 59.7 Å². The fourth-order valence-corrected chi connectivity index (χ4v) is 3.51. The van der Waals surface area contributed by atoms with Crippen molar-refractivity contribution in [1.82, 2.24) is 9.78 Å². The van der Waals surface area contributed by atoms with Gasteiger partial charge in [-0.15, -0.1) is 0 Å². The number of aromatic nitrogens is 2. The second-order valence-electron chi connectivity index (χ2n) is 7.31. The third-order valence-corrected chi connectivity index (χ3v) is 5.34. The molecule has 0 aliphatic heterocycles. The summed E-state index contributed by atoms with van der Waals surface area (Å²) in [4.78, 5) is 13.0. The van der Waals surface area contributed by atoms with Crippen molar-refractivity contribution in [1.29, 1.82) is 0 Å². The van der Waals surface area contributed by atoms with Gasteiger partial charge in [0.15, 0.2) is 0 Å². The molecule has 0 aliphatic rings. The molecule has 1 heterocycles. The maximum absolute atomic E-state index is 13.0. The van der Waals surface area contributed by atoms with Gasteiger partial charge in [-0.3, -0.25) is 4.79 Å². The van der Waals surface area contributed by atoms with E-state index in [9.17, 15) is 4.79 Å². The van der Waals surface area contributed by atoms with Crippen LogP contribution in [0.1, 0.15) is 5.56 Å². The van der Waals surface area contributed by atoms with Gasteiger partial charge in [0.05, 0.1) is 26.5 Å². The summed E-state index contributed by atoms with van der Waals surface area (Å²) < 4.78 is 12.1. The molecule has 0 atom stereocenters. The number of nitrogens with zero attached hydrogens (tertiary/aromatic N) is 2. The second kappa shape index (κ2) is 9.39. The third kappa shape index (κ3) is 4.49. The molecule has 1 aromatic heterocycles. The van der Waals surface area contributed by atoms with Crippen LogP contribution in [0.25, 0.3) is 22.4 Å². The maximum atomic E-state index is 13.0. The topological polar surface area (TPSA) is 65.4 Å². The highest BCUT2D eigenvalue weighted by atomic mass is 16.5. The number of anilines is 1. The Morgan fingerprint density at radius 1 is 0.812 bits per heavy atom. The molecule has 1 N–H and O–H groups in total. The molecule has 0 saturated heterocycles. The summed E-state index contributed by atoms with van der Waals surface area (Å²) in [6.07, 6.45) is 0. The van der Waals surface area contributed by atoms with Crippen molar-refractivity contribution in [2.45, 2.75) is 6.54 Å². The van der Waals surface area contributed by atoms with Crippen LogP contribution in [0.5, 0.6) is 11.5 Å². The van der Waals surface area contributed by atoms with Gasteiger partial charge in [-0.2, -0.15) is 5.10 Å². The molecule has 162 valence electrons. The van der Waals surface area contributed by atoms with Gasteiger partial charge in [0, 0.05) is 29.9 Å². The smallest absolute Gasteiger partial charge is 0.267 e. The zero-order chi connectivity index (χ0) is 22.5. The Morgan fingerprint density at radius 3 is 1.91 bits per heavy atom. The van der Waals surface area contributed by atoms with E-state index in [1.54, 1.807) is 20.3 Å². The molecule has 0 unspecified atom stereocenters. The Bertz CT molecular complexity index is 1250. The van der Waals surface area contributed by atoms with E-state index in [1.807, 2.05) is 79.8 Å². The van der Waals surface area contributed by atoms with E-state index < -0.39 is 0 Å². The molecule has 3 aromatic carbocycles. The Morgan fingerprint density at radius 2 is 1.38 bits per heavy atom. The van der Waals surface area contributed by atoms with Gasteiger partial charge >= 0.3 is 0 Å². The Labute approximate surface area is 187 Å². The Kier molecular flexibility index (Phi) is 6.22. The fraction of sp³-hybridized carbons (Fsp3) is 0.154. The predicted octanol–water partition coefficient (Wildman–Crippen LogP) is 4.68. The summed E-state index contributed by atoms with van der Waals surface area (Å²) in [6.45, 7) is 0.384. The van der Waals surface area contributed by atoms with Crippen molar-refractivity contribution in [3.63, 3.8) is 0 Å². The van der Waals surface area contributed by atoms with Crippen LogP contribution in [0.4, 0.5) is 5.69 Å². The number of rotatable bonds is 7. The molecular formula is C26H25N3O3. The first-order chi connectivity index (χ1) is 15.6. The van der Waals surface area contributed by atoms with E-state index in [-0.39, 0.29) is 5.56 Å². The largest absolute Gasteiger partial charge is 0.497 e. The van der Waals surface area contributed by atoms with E-state index in [4.69, 9.17) is 14.6 Å². The fourth-order valence-electron chi connectivity index (χ4n) is 3.51. The molecular weight excluding hydrogens is 402 g/mol. The zero-order valence-corrected chi connectivity index (χ0v) is 18.3. The van der Waals surface area contributed by atoms with Crippen LogP contribution in [0.2, 0.25) is 0 Å². The number of benzene rings is 3. The van der Waals surface area contributed by atoms with Crippen molar-refractivity contribution < 1.29 is 9.47 Å². The molecule has 6 nitrogen and oxygen atoms in total. The zero-order valence-electron chi connectivity index (χ0n) is 18.3. The lowest BCUT2D eigenvalue weighted by Gasteiger charge is -2.14. The first-order valence-corrected chi connectivity index (χ1v) is 10.3. The summed E-state index contributed by atoms with van der Waals surface area (Å²) in [5.74, 6) is 1.52. The highest BCUT2D eigenvalue weighted by Crippen LogP contribution is 2.31. The summed E-state index contributed by atoms with van der Waals surface area (Å²) >= 11 is 0. The molecule has 4 rings (SSSR count). The monoisotopic (exact) mass is 427 g/mol. The normalized spacial score (nSPS) is 10.6. The van der Waals surface area contributed by atoms with Gasteiger partial charge in [-0.1, -0.05) is 24.3 Å². The standard InChI is InChI=1S/C26H25N3O3/c1-27-21-10-4-18(5-11-21)17-29-25(30)16-24(19-6-12-22(31-2)13-7-19)26(28-29)20-8-14-23(32-3)15-9-20/h4-16,27H,17H2,1-3H3. The van der Waals surface area contributed by atoms with Crippen molar-refractivity contribution >= 4 is 5.69 Å². The van der Waals surface area contributed by atoms with E-state index in [2.05, 4.69) is 5.32 Å². The average molecular weight is 428 g/mol. The van der Waals surface area contributed by atoms with Crippen molar-refractivity contribution in [2.24, 2.45) is 0 Å². The van der Waals surface area contributed by atoms with Crippen molar-refractivity contribution in [2.75, 3.05) is 26.6 Å². The van der Waals surface area contributed by atoms with Crippen molar-refractivity contribution in [3.05, 3.63) is 94.8 Å². The summed E-state index contributed by atoms with van der Waals surface area (Å²) in [5.41, 5.74) is 5.14. The second-order valence-corrected chi connectivity index (χ2v) is 7.31.